The Hall–Kier alpha value is -2.10. The number of aliphatic carboxylic acids is 2. The van der Waals surface area contributed by atoms with E-state index in [0.29, 0.717) is 11.6 Å². The van der Waals surface area contributed by atoms with E-state index < -0.39 is 11.9 Å². The van der Waals surface area contributed by atoms with Crippen molar-refractivity contribution in [2.24, 2.45) is 0 Å². The topological polar surface area (TPSA) is 80.3 Å². The molecule has 0 saturated heterocycles. The van der Waals surface area contributed by atoms with Crippen molar-refractivity contribution < 1.29 is 19.8 Å². The Labute approximate surface area is 86.5 Å². The second-order valence-corrected chi connectivity index (χ2v) is 2.94. The lowest BCUT2D eigenvalue weighted by Gasteiger charge is -2.09. The van der Waals surface area contributed by atoms with Gasteiger partial charge in [0.2, 0.25) is 0 Å². The van der Waals surface area contributed by atoms with Crippen molar-refractivity contribution in [2.45, 2.75) is 6.42 Å². The Balaban J connectivity index is 2.86. The lowest BCUT2D eigenvalue weighted by Crippen LogP contribution is -2.28. The van der Waals surface area contributed by atoms with E-state index in [4.69, 9.17) is 0 Å². The fraction of sp³-hybridized carbons (Fsp3) is 0.0909. The monoisotopic (exact) mass is 204 g/mol. The smallest absolute Gasteiger partial charge is 0.0678 e. The van der Waals surface area contributed by atoms with Gasteiger partial charge in [0.25, 0.3) is 0 Å². The van der Waals surface area contributed by atoms with Gasteiger partial charge in [-0.15, -0.1) is 0 Å². The third kappa shape index (κ3) is 3.64. The van der Waals surface area contributed by atoms with Crippen molar-refractivity contribution in [3.05, 3.63) is 47.5 Å². The number of benzene rings is 1. The van der Waals surface area contributed by atoms with Crippen LogP contribution in [0.3, 0.4) is 0 Å². The van der Waals surface area contributed by atoms with Crippen LogP contribution in [0.2, 0.25) is 0 Å². The Bertz CT molecular complexity index is 392. The summed E-state index contributed by atoms with van der Waals surface area (Å²) in [4.78, 5) is 20.8. The quantitative estimate of drug-likeness (QED) is 0.568. The zero-order valence-corrected chi connectivity index (χ0v) is 7.80. The van der Waals surface area contributed by atoms with E-state index >= 15 is 0 Å². The van der Waals surface area contributed by atoms with Crippen LogP contribution in [-0.2, 0) is 16.0 Å². The zero-order valence-electron chi connectivity index (χ0n) is 7.80. The van der Waals surface area contributed by atoms with Gasteiger partial charge in [-0.05, 0) is 23.6 Å². The zero-order chi connectivity index (χ0) is 11.3. The molecular formula is C11H8O4-2. The molecule has 0 heterocycles. The van der Waals surface area contributed by atoms with Gasteiger partial charge in [-0.3, -0.25) is 0 Å². The maximum Gasteiger partial charge on any atom is 0.0678 e. The third-order valence-corrected chi connectivity index (χ3v) is 1.79. The molecule has 0 radical (unpaired) electrons. The van der Waals surface area contributed by atoms with E-state index in [1.165, 1.54) is 0 Å². The highest BCUT2D eigenvalue weighted by Gasteiger charge is 2.00. The van der Waals surface area contributed by atoms with Crippen LogP contribution in [-0.4, -0.2) is 11.9 Å². The summed E-state index contributed by atoms with van der Waals surface area (Å²) in [7, 11) is 0. The van der Waals surface area contributed by atoms with Crippen LogP contribution in [0.25, 0.3) is 0 Å². The van der Waals surface area contributed by atoms with Gasteiger partial charge >= 0.3 is 0 Å². The average molecular weight is 204 g/mol. The average Bonchev–Trinajstić information content (AvgIpc) is 2.17. The highest BCUT2D eigenvalue weighted by molar-refractivity contribution is 5.93. The van der Waals surface area contributed by atoms with Crippen LogP contribution in [0.5, 0.6) is 0 Å². The van der Waals surface area contributed by atoms with Gasteiger partial charge in [0.15, 0.2) is 0 Å². The van der Waals surface area contributed by atoms with E-state index in [1.54, 1.807) is 30.3 Å². The van der Waals surface area contributed by atoms with E-state index in [1.807, 2.05) is 0 Å². The predicted molar refractivity (Wildman–Crippen MR) is 48.2 cm³/mol. The van der Waals surface area contributed by atoms with Crippen molar-refractivity contribution in [1.29, 1.82) is 0 Å². The van der Waals surface area contributed by atoms with Crippen LogP contribution in [0.1, 0.15) is 5.56 Å². The van der Waals surface area contributed by atoms with E-state index in [9.17, 15) is 19.8 Å². The number of carbonyl (C=O) groups is 2. The first-order valence-electron chi connectivity index (χ1n) is 4.26. The summed E-state index contributed by atoms with van der Waals surface area (Å²) in [6.45, 7) is 0. The Kier molecular flexibility index (Phi) is 3.62. The van der Waals surface area contributed by atoms with Gasteiger partial charge < -0.3 is 19.8 Å². The normalized spacial score (nSPS) is 11.1. The SMILES string of the molecule is O=C([O-])/C=C(\Cc1ccccc1)C(=O)[O-]. The molecule has 78 valence electrons. The molecule has 0 unspecified atom stereocenters. The maximum atomic E-state index is 10.6. The standard InChI is InChI=1S/C11H10O4/c12-10(13)7-9(11(14)15)6-8-4-2-1-3-5-8/h1-5,7H,6H2,(H,12,13)(H,14,15)/p-2/b9-7+. The van der Waals surface area contributed by atoms with Crippen molar-refractivity contribution in [1.82, 2.24) is 0 Å². The van der Waals surface area contributed by atoms with E-state index in [-0.39, 0.29) is 12.0 Å². The van der Waals surface area contributed by atoms with Crippen LogP contribution >= 0.6 is 0 Å². The minimum atomic E-state index is -1.54. The van der Waals surface area contributed by atoms with Crippen molar-refractivity contribution in [2.75, 3.05) is 0 Å². The van der Waals surface area contributed by atoms with Gasteiger partial charge in [-0.1, -0.05) is 30.3 Å². The molecule has 4 heteroatoms. The molecule has 4 nitrogen and oxygen atoms in total. The third-order valence-electron chi connectivity index (χ3n) is 1.79. The summed E-state index contributed by atoms with van der Waals surface area (Å²) < 4.78 is 0. The van der Waals surface area contributed by atoms with Gasteiger partial charge in [-0.25, -0.2) is 0 Å². The van der Waals surface area contributed by atoms with Crippen LogP contribution in [0, 0.1) is 0 Å². The fourth-order valence-electron chi connectivity index (χ4n) is 1.14. The van der Waals surface area contributed by atoms with E-state index in [0.717, 1.165) is 0 Å². The number of hydrogen-bond donors (Lipinski definition) is 0. The predicted octanol–water partition coefficient (Wildman–Crippen LogP) is -1.34. The Morgan fingerprint density at radius 3 is 2.20 bits per heavy atom. The summed E-state index contributed by atoms with van der Waals surface area (Å²) in [5.41, 5.74) is 0.399. The van der Waals surface area contributed by atoms with Crippen molar-refractivity contribution in [3.63, 3.8) is 0 Å². The number of rotatable bonds is 4. The van der Waals surface area contributed by atoms with Crippen LogP contribution in [0.15, 0.2) is 42.0 Å². The summed E-state index contributed by atoms with van der Waals surface area (Å²) in [6.07, 6.45) is 0.555. The molecule has 1 aromatic rings. The molecule has 0 aliphatic heterocycles. The number of carbonyl (C=O) groups excluding carboxylic acids is 2. The van der Waals surface area contributed by atoms with Gasteiger partial charge in [-0.2, -0.15) is 0 Å². The lowest BCUT2D eigenvalue weighted by molar-refractivity contribution is -0.303. The second-order valence-electron chi connectivity index (χ2n) is 2.94. The minimum Gasteiger partial charge on any atom is -0.545 e. The van der Waals surface area contributed by atoms with Crippen molar-refractivity contribution in [3.8, 4) is 0 Å². The number of carboxylic acids is 2. The summed E-state index contributed by atoms with van der Waals surface area (Å²) >= 11 is 0. The second kappa shape index (κ2) is 4.95. The van der Waals surface area contributed by atoms with E-state index in [2.05, 4.69) is 0 Å². The van der Waals surface area contributed by atoms with Crippen LogP contribution in [0.4, 0.5) is 0 Å². The molecule has 0 N–H and O–H groups in total. The molecule has 0 atom stereocenters. The molecular weight excluding hydrogens is 196 g/mol. The fourth-order valence-corrected chi connectivity index (χ4v) is 1.14. The molecule has 0 bridgehead atoms. The first-order valence-corrected chi connectivity index (χ1v) is 4.26. The number of carboxylic acid groups (broad SMARTS) is 2. The first kappa shape index (κ1) is 11.0. The van der Waals surface area contributed by atoms with Gasteiger partial charge in [0.05, 0.1) is 11.9 Å². The molecule has 0 spiro atoms. The molecule has 0 fully saturated rings. The Morgan fingerprint density at radius 2 is 1.73 bits per heavy atom. The van der Waals surface area contributed by atoms with Crippen LogP contribution < -0.4 is 10.2 Å². The molecule has 0 aromatic heterocycles. The summed E-state index contributed by atoms with van der Waals surface area (Å²) in [5, 5.41) is 20.8. The molecule has 0 aliphatic rings. The molecule has 0 saturated carbocycles. The number of hydrogen-bond acceptors (Lipinski definition) is 4. The highest BCUT2D eigenvalue weighted by atomic mass is 16.4. The molecule has 15 heavy (non-hydrogen) atoms. The summed E-state index contributed by atoms with van der Waals surface area (Å²) in [5.74, 6) is -3.03. The first-order chi connectivity index (χ1) is 7.09. The summed E-state index contributed by atoms with van der Waals surface area (Å²) in [6, 6.07) is 8.66. The Morgan fingerprint density at radius 1 is 1.13 bits per heavy atom. The molecule has 0 aliphatic carbocycles. The molecule has 0 amide bonds. The van der Waals surface area contributed by atoms with Gasteiger partial charge in [0, 0.05) is 0 Å². The molecule has 1 rings (SSSR count). The minimum absolute atomic E-state index is 0.0111. The largest absolute Gasteiger partial charge is 0.545 e. The highest BCUT2D eigenvalue weighted by Crippen LogP contribution is 2.06. The molecule has 1 aromatic carbocycles. The van der Waals surface area contributed by atoms with Gasteiger partial charge in [0.1, 0.15) is 0 Å². The lowest BCUT2D eigenvalue weighted by atomic mass is 10.1. The van der Waals surface area contributed by atoms with Crippen molar-refractivity contribution >= 4 is 11.9 Å². The maximum absolute atomic E-state index is 10.6.